The second-order valence-electron chi connectivity index (χ2n) is 4.98. The lowest BCUT2D eigenvalue weighted by molar-refractivity contribution is 0.0982. The van der Waals surface area contributed by atoms with Crippen LogP contribution in [0.1, 0.15) is 27.6 Å². The first-order valence-corrected chi connectivity index (χ1v) is 7.57. The van der Waals surface area contributed by atoms with E-state index in [0.717, 1.165) is 0 Å². The average molecular weight is 328 g/mol. The summed E-state index contributed by atoms with van der Waals surface area (Å²) >= 11 is 6.12. The summed E-state index contributed by atoms with van der Waals surface area (Å²) < 4.78 is 5.43. The largest absolute Gasteiger partial charge is 0.494 e. The third-order valence-electron chi connectivity index (χ3n) is 3.48. The molecule has 116 valence electrons. The molecule has 0 fully saturated rings. The van der Waals surface area contributed by atoms with E-state index in [2.05, 4.69) is 5.32 Å². The molecule has 23 heavy (non-hydrogen) atoms. The molecule has 1 N–H and O–H groups in total. The molecule has 0 aliphatic heterocycles. The smallest absolute Gasteiger partial charge is 0.211 e. The quantitative estimate of drug-likeness (QED) is 0.921. The first-order valence-electron chi connectivity index (χ1n) is 7.20. The number of hydrogen-bond donors (Lipinski definition) is 1. The molecular weight excluding hydrogens is 314 g/mol. The SMILES string of the molecule is CCOc1cccc(NC2=C(Cl)C(=O)c3ccccc3C2=O)c1. The minimum Gasteiger partial charge on any atom is -0.494 e. The zero-order valence-electron chi connectivity index (χ0n) is 12.4. The van der Waals surface area contributed by atoms with Crippen molar-refractivity contribution in [3.63, 3.8) is 0 Å². The van der Waals surface area contributed by atoms with E-state index in [4.69, 9.17) is 16.3 Å². The standard InChI is InChI=1S/C18H14ClNO3/c1-2-23-12-7-5-6-11(10-12)20-16-15(19)17(21)13-8-3-4-9-14(13)18(16)22/h3-10,20H,2H2,1H3. The molecule has 4 nitrogen and oxygen atoms in total. The van der Waals surface area contributed by atoms with Crippen molar-refractivity contribution in [2.45, 2.75) is 6.92 Å². The third-order valence-corrected chi connectivity index (χ3v) is 3.84. The number of carbonyl (C=O) groups excluding carboxylic acids is 2. The van der Waals surface area contributed by atoms with Crippen LogP contribution in [0.25, 0.3) is 0 Å². The maximum absolute atomic E-state index is 12.6. The maximum atomic E-state index is 12.6. The molecule has 0 spiro atoms. The molecule has 0 heterocycles. The Kier molecular flexibility index (Phi) is 4.17. The van der Waals surface area contributed by atoms with Gasteiger partial charge in [-0.3, -0.25) is 9.59 Å². The van der Waals surface area contributed by atoms with Gasteiger partial charge in [-0.1, -0.05) is 41.9 Å². The lowest BCUT2D eigenvalue weighted by atomic mass is 9.92. The van der Waals surface area contributed by atoms with E-state index in [0.29, 0.717) is 29.2 Å². The lowest BCUT2D eigenvalue weighted by Crippen LogP contribution is -2.24. The van der Waals surface area contributed by atoms with Crippen molar-refractivity contribution >= 4 is 28.9 Å². The molecule has 1 aliphatic carbocycles. The third kappa shape index (κ3) is 2.85. The Morgan fingerprint density at radius 2 is 1.70 bits per heavy atom. The van der Waals surface area contributed by atoms with Gasteiger partial charge in [0.2, 0.25) is 11.6 Å². The first-order chi connectivity index (χ1) is 11.1. The van der Waals surface area contributed by atoms with E-state index in [9.17, 15) is 9.59 Å². The summed E-state index contributed by atoms with van der Waals surface area (Å²) in [7, 11) is 0. The van der Waals surface area contributed by atoms with Crippen LogP contribution in [0.2, 0.25) is 0 Å². The van der Waals surface area contributed by atoms with Crippen molar-refractivity contribution in [3.05, 3.63) is 70.4 Å². The molecule has 0 unspecified atom stereocenters. The van der Waals surface area contributed by atoms with E-state index < -0.39 is 0 Å². The number of rotatable bonds is 4. The zero-order valence-corrected chi connectivity index (χ0v) is 13.2. The number of allylic oxidation sites excluding steroid dienone is 2. The number of anilines is 1. The highest BCUT2D eigenvalue weighted by atomic mass is 35.5. The Morgan fingerprint density at radius 1 is 1.00 bits per heavy atom. The summed E-state index contributed by atoms with van der Waals surface area (Å²) in [6, 6.07) is 13.8. The molecule has 3 rings (SSSR count). The van der Waals surface area contributed by atoms with Crippen molar-refractivity contribution in [1.82, 2.24) is 0 Å². The van der Waals surface area contributed by atoms with Crippen LogP contribution in [-0.4, -0.2) is 18.2 Å². The molecule has 0 radical (unpaired) electrons. The van der Waals surface area contributed by atoms with Gasteiger partial charge in [-0.15, -0.1) is 0 Å². The topological polar surface area (TPSA) is 55.4 Å². The highest BCUT2D eigenvalue weighted by molar-refractivity contribution is 6.50. The Balaban J connectivity index is 1.97. The number of fused-ring (bicyclic) bond motifs is 1. The van der Waals surface area contributed by atoms with Gasteiger partial charge >= 0.3 is 0 Å². The van der Waals surface area contributed by atoms with Crippen LogP contribution in [0.4, 0.5) is 5.69 Å². The highest BCUT2D eigenvalue weighted by Gasteiger charge is 2.31. The van der Waals surface area contributed by atoms with Crippen LogP contribution >= 0.6 is 11.6 Å². The van der Waals surface area contributed by atoms with Crippen molar-refractivity contribution in [1.29, 1.82) is 0 Å². The van der Waals surface area contributed by atoms with Gasteiger partial charge in [0.05, 0.1) is 6.61 Å². The molecule has 2 aromatic rings. The molecule has 1 aliphatic rings. The molecule has 0 saturated carbocycles. The number of Topliss-reactive ketones (excluding diaryl/α,β-unsaturated/α-hetero) is 2. The van der Waals surface area contributed by atoms with Crippen molar-refractivity contribution in [3.8, 4) is 5.75 Å². The van der Waals surface area contributed by atoms with Gasteiger partial charge in [-0.05, 0) is 19.1 Å². The van der Waals surface area contributed by atoms with Gasteiger partial charge in [-0.25, -0.2) is 0 Å². The van der Waals surface area contributed by atoms with E-state index >= 15 is 0 Å². The predicted octanol–water partition coefficient (Wildman–Crippen LogP) is 4.03. The molecule has 5 heteroatoms. The van der Waals surface area contributed by atoms with Gasteiger partial charge in [0, 0.05) is 22.9 Å². The first kappa shape index (κ1) is 15.3. The molecular formula is C18H14ClNO3. The average Bonchev–Trinajstić information content (AvgIpc) is 2.57. The molecule has 2 aromatic carbocycles. The van der Waals surface area contributed by atoms with E-state index in [-0.39, 0.29) is 22.3 Å². The summed E-state index contributed by atoms with van der Waals surface area (Å²) in [6.07, 6.45) is 0. The molecule has 0 atom stereocenters. The Hall–Kier alpha value is -2.59. The van der Waals surface area contributed by atoms with Gasteiger partial charge in [0.25, 0.3) is 0 Å². The summed E-state index contributed by atoms with van der Waals surface area (Å²) in [5, 5.41) is 2.85. The maximum Gasteiger partial charge on any atom is 0.211 e. The number of ether oxygens (including phenoxy) is 1. The van der Waals surface area contributed by atoms with E-state index in [1.165, 1.54) is 0 Å². The van der Waals surface area contributed by atoms with Gasteiger partial charge in [0.15, 0.2) is 0 Å². The minimum atomic E-state index is -0.356. The minimum absolute atomic E-state index is 0.0871. The Bertz CT molecular complexity index is 827. The monoisotopic (exact) mass is 327 g/mol. The molecule has 0 saturated heterocycles. The fourth-order valence-electron chi connectivity index (χ4n) is 2.43. The van der Waals surface area contributed by atoms with Crippen LogP contribution in [0.15, 0.2) is 59.3 Å². The summed E-state index contributed by atoms with van der Waals surface area (Å²) in [4.78, 5) is 24.9. The van der Waals surface area contributed by atoms with Crippen molar-refractivity contribution in [2.75, 3.05) is 11.9 Å². The molecule has 0 aromatic heterocycles. The number of benzene rings is 2. The van der Waals surface area contributed by atoms with E-state index in [1.54, 1.807) is 42.5 Å². The predicted molar refractivity (Wildman–Crippen MR) is 89.2 cm³/mol. The number of halogens is 1. The van der Waals surface area contributed by atoms with Crippen LogP contribution in [0, 0.1) is 0 Å². The number of carbonyl (C=O) groups is 2. The van der Waals surface area contributed by atoms with Crippen molar-refractivity contribution in [2.24, 2.45) is 0 Å². The van der Waals surface area contributed by atoms with Crippen LogP contribution in [-0.2, 0) is 0 Å². The van der Waals surface area contributed by atoms with Crippen LogP contribution in [0.3, 0.4) is 0 Å². The number of ketones is 2. The lowest BCUT2D eigenvalue weighted by Gasteiger charge is -2.19. The molecule has 0 bridgehead atoms. The summed E-state index contributed by atoms with van der Waals surface area (Å²) in [5.41, 5.74) is 1.40. The summed E-state index contributed by atoms with van der Waals surface area (Å²) in [5.74, 6) is 0.0153. The zero-order chi connectivity index (χ0) is 16.4. The Labute approximate surface area is 138 Å². The fourth-order valence-corrected chi connectivity index (χ4v) is 2.67. The van der Waals surface area contributed by atoms with Crippen LogP contribution in [0.5, 0.6) is 5.75 Å². The normalized spacial score (nSPS) is 13.8. The van der Waals surface area contributed by atoms with E-state index in [1.807, 2.05) is 13.0 Å². The molecule has 0 amide bonds. The van der Waals surface area contributed by atoms with Gasteiger partial charge in [0.1, 0.15) is 16.5 Å². The summed E-state index contributed by atoms with van der Waals surface area (Å²) in [6.45, 7) is 2.43. The second kappa shape index (κ2) is 6.26. The fraction of sp³-hybridized carbons (Fsp3) is 0.111. The van der Waals surface area contributed by atoms with Crippen molar-refractivity contribution < 1.29 is 14.3 Å². The number of hydrogen-bond acceptors (Lipinski definition) is 4. The van der Waals surface area contributed by atoms with Gasteiger partial charge in [-0.2, -0.15) is 0 Å². The second-order valence-corrected chi connectivity index (χ2v) is 5.36. The highest BCUT2D eigenvalue weighted by Crippen LogP contribution is 2.30. The number of nitrogens with one attached hydrogen (secondary N) is 1. The van der Waals surface area contributed by atoms with Crippen LogP contribution < -0.4 is 10.1 Å². The van der Waals surface area contributed by atoms with Gasteiger partial charge < -0.3 is 10.1 Å². The Morgan fingerprint density at radius 3 is 2.39 bits per heavy atom.